The van der Waals surface area contributed by atoms with Gasteiger partial charge in [-0.05, 0) is 6.07 Å². The molecule has 10 nitrogen and oxygen atoms in total. The molecule has 0 atom stereocenters. The van der Waals surface area contributed by atoms with E-state index in [2.05, 4.69) is 4.84 Å². The second-order valence-corrected chi connectivity index (χ2v) is 3.45. The highest BCUT2D eigenvalue weighted by Gasteiger charge is 2.19. The van der Waals surface area contributed by atoms with Crippen molar-refractivity contribution in [1.82, 2.24) is 0 Å². The summed E-state index contributed by atoms with van der Waals surface area (Å²) in [6.45, 7) is -1.05. The Morgan fingerprint density at radius 2 is 1.90 bits per heavy atom. The lowest BCUT2D eigenvalue weighted by Crippen LogP contribution is -2.11. The van der Waals surface area contributed by atoms with Gasteiger partial charge in [0.15, 0.2) is 11.5 Å². The number of aliphatic hydroxyl groups is 1. The maximum atomic E-state index is 10.8. The number of aliphatic hydroxyl groups excluding tert-OH is 1. The molecule has 0 spiro atoms. The maximum absolute atomic E-state index is 10.8. The molecule has 0 fully saturated rings. The van der Waals surface area contributed by atoms with E-state index in [4.69, 9.17) is 14.6 Å². The molecule has 10 heteroatoms. The summed E-state index contributed by atoms with van der Waals surface area (Å²) in [5.74, 6) is 0.198. The number of methoxy groups -OCH3 is 1. The van der Waals surface area contributed by atoms with E-state index < -0.39 is 16.6 Å². The monoisotopic (exact) mass is 288 g/mol. The van der Waals surface area contributed by atoms with Crippen LogP contribution in [0.5, 0.6) is 11.5 Å². The predicted molar refractivity (Wildman–Crippen MR) is 64.0 cm³/mol. The van der Waals surface area contributed by atoms with Crippen LogP contribution in [-0.2, 0) is 11.4 Å². The molecule has 0 aliphatic heterocycles. The summed E-state index contributed by atoms with van der Waals surface area (Å²) in [5, 5.41) is 28.9. The molecule has 0 heterocycles. The van der Waals surface area contributed by atoms with Crippen molar-refractivity contribution >= 4 is 5.69 Å². The molecule has 0 saturated heterocycles. The van der Waals surface area contributed by atoms with Gasteiger partial charge in [0.2, 0.25) is 0 Å². The highest BCUT2D eigenvalue weighted by Crippen LogP contribution is 2.34. The number of rotatable bonds is 8. The van der Waals surface area contributed by atoms with Crippen LogP contribution in [0.1, 0.15) is 5.56 Å². The number of hydrogen-bond acceptors (Lipinski definition) is 8. The van der Waals surface area contributed by atoms with E-state index in [1.165, 1.54) is 13.2 Å². The summed E-state index contributed by atoms with van der Waals surface area (Å²) in [5.41, 5.74) is -0.265. The summed E-state index contributed by atoms with van der Waals surface area (Å²) in [6.07, 6.45) is 0. The van der Waals surface area contributed by atoms with Gasteiger partial charge in [-0.15, -0.1) is 10.1 Å². The summed E-state index contributed by atoms with van der Waals surface area (Å²) < 4.78 is 10.1. The first-order chi connectivity index (χ1) is 9.49. The van der Waals surface area contributed by atoms with E-state index in [1.54, 1.807) is 0 Å². The zero-order chi connectivity index (χ0) is 15.1. The van der Waals surface area contributed by atoms with Crippen molar-refractivity contribution in [2.75, 3.05) is 20.3 Å². The van der Waals surface area contributed by atoms with Gasteiger partial charge in [0.1, 0.15) is 13.2 Å². The van der Waals surface area contributed by atoms with E-state index >= 15 is 0 Å². The molecule has 0 saturated carbocycles. The molecule has 0 unspecified atom stereocenters. The number of nitro groups is 1. The Bertz CT molecular complexity index is 504. The zero-order valence-corrected chi connectivity index (χ0v) is 10.5. The molecule has 0 radical (unpaired) electrons. The predicted octanol–water partition coefficient (Wildman–Crippen LogP) is 0.683. The Hall–Kier alpha value is -2.62. The van der Waals surface area contributed by atoms with Crippen molar-refractivity contribution in [2.45, 2.75) is 6.61 Å². The Morgan fingerprint density at radius 1 is 1.20 bits per heavy atom. The van der Waals surface area contributed by atoms with Crippen LogP contribution >= 0.6 is 0 Å². The molecule has 1 N–H and O–H groups in total. The van der Waals surface area contributed by atoms with Crippen LogP contribution in [0, 0.1) is 20.2 Å². The highest BCUT2D eigenvalue weighted by molar-refractivity contribution is 5.54. The average molecular weight is 288 g/mol. The van der Waals surface area contributed by atoms with Gasteiger partial charge in [-0.1, -0.05) is 0 Å². The van der Waals surface area contributed by atoms with Gasteiger partial charge in [0.05, 0.1) is 30.3 Å². The van der Waals surface area contributed by atoms with Crippen molar-refractivity contribution < 1.29 is 29.4 Å². The Balaban J connectivity index is 2.90. The fourth-order valence-corrected chi connectivity index (χ4v) is 1.42. The molecule has 1 aromatic carbocycles. The Kier molecular flexibility index (Phi) is 5.47. The summed E-state index contributed by atoms with van der Waals surface area (Å²) in [7, 11) is 1.32. The van der Waals surface area contributed by atoms with Crippen LogP contribution in [0.25, 0.3) is 0 Å². The lowest BCUT2D eigenvalue weighted by atomic mass is 10.1. The number of ether oxygens (including phenoxy) is 2. The van der Waals surface area contributed by atoms with Crippen LogP contribution in [-0.4, -0.2) is 35.4 Å². The molecular weight excluding hydrogens is 276 g/mol. The van der Waals surface area contributed by atoms with Gasteiger partial charge in [-0.25, -0.2) is 0 Å². The fraction of sp³-hybridized carbons (Fsp3) is 0.400. The van der Waals surface area contributed by atoms with Crippen LogP contribution in [0.4, 0.5) is 5.69 Å². The molecule has 0 amide bonds. The quantitative estimate of drug-likeness (QED) is 0.419. The molecule has 0 aliphatic rings. The topological polar surface area (TPSA) is 134 Å². The van der Waals surface area contributed by atoms with E-state index in [0.717, 1.165) is 6.07 Å². The van der Waals surface area contributed by atoms with Crippen molar-refractivity contribution in [3.05, 3.63) is 37.9 Å². The third-order valence-corrected chi connectivity index (χ3v) is 2.27. The van der Waals surface area contributed by atoms with E-state index in [1.807, 2.05) is 0 Å². The lowest BCUT2D eigenvalue weighted by molar-refractivity contribution is -0.757. The van der Waals surface area contributed by atoms with E-state index in [9.17, 15) is 20.2 Å². The molecule has 0 aromatic heterocycles. The minimum Gasteiger partial charge on any atom is -0.493 e. The second kappa shape index (κ2) is 7.09. The smallest absolute Gasteiger partial charge is 0.294 e. The third-order valence-electron chi connectivity index (χ3n) is 2.27. The normalized spacial score (nSPS) is 9.90. The number of hydrogen-bond donors (Lipinski definition) is 1. The van der Waals surface area contributed by atoms with Gasteiger partial charge in [0.25, 0.3) is 10.8 Å². The Morgan fingerprint density at radius 3 is 2.40 bits per heavy atom. The number of benzene rings is 1. The van der Waals surface area contributed by atoms with Crippen LogP contribution in [0.15, 0.2) is 12.1 Å². The van der Waals surface area contributed by atoms with Gasteiger partial charge >= 0.3 is 0 Å². The van der Waals surface area contributed by atoms with Crippen molar-refractivity contribution in [3.63, 3.8) is 0 Å². The first kappa shape index (κ1) is 15.4. The standard InChI is InChI=1S/C10H12N2O8/c1-18-9-4-7(6-13)8(11(14)15)5-10(9)19-2-3-20-12(16)17/h4-5,13H,2-3,6H2,1H3. The van der Waals surface area contributed by atoms with Gasteiger partial charge in [-0.3, -0.25) is 10.1 Å². The second-order valence-electron chi connectivity index (χ2n) is 3.45. The number of nitrogens with zero attached hydrogens (tertiary/aromatic N) is 2. The molecule has 1 rings (SSSR count). The number of nitro benzene ring substituents is 1. The first-order valence-corrected chi connectivity index (χ1v) is 5.35. The summed E-state index contributed by atoms with van der Waals surface area (Å²) >= 11 is 0. The third kappa shape index (κ3) is 3.95. The zero-order valence-electron chi connectivity index (χ0n) is 10.5. The van der Waals surface area contributed by atoms with Crippen LogP contribution < -0.4 is 9.47 Å². The van der Waals surface area contributed by atoms with Gasteiger partial charge < -0.3 is 19.4 Å². The molecular formula is C10H12N2O8. The van der Waals surface area contributed by atoms with Gasteiger partial charge in [0, 0.05) is 0 Å². The van der Waals surface area contributed by atoms with E-state index in [0.29, 0.717) is 0 Å². The minimum atomic E-state index is -0.974. The summed E-state index contributed by atoms with van der Waals surface area (Å²) in [4.78, 5) is 24.1. The molecule has 0 aliphatic carbocycles. The molecule has 110 valence electrons. The Labute approximate surface area is 112 Å². The molecule has 1 aromatic rings. The largest absolute Gasteiger partial charge is 0.493 e. The molecule has 20 heavy (non-hydrogen) atoms. The van der Waals surface area contributed by atoms with Crippen molar-refractivity contribution in [2.24, 2.45) is 0 Å². The fourth-order valence-electron chi connectivity index (χ4n) is 1.42. The first-order valence-electron chi connectivity index (χ1n) is 5.35. The molecule has 0 bridgehead atoms. The SMILES string of the molecule is COc1cc(CO)c([N+](=O)[O-])cc1OCCO[N+](=O)[O-]. The van der Waals surface area contributed by atoms with Crippen LogP contribution in [0.2, 0.25) is 0 Å². The van der Waals surface area contributed by atoms with Crippen molar-refractivity contribution in [3.8, 4) is 11.5 Å². The van der Waals surface area contributed by atoms with E-state index in [-0.39, 0.29) is 36.0 Å². The highest BCUT2D eigenvalue weighted by atomic mass is 17.0. The average Bonchev–Trinajstić information content (AvgIpc) is 2.42. The minimum absolute atomic E-state index is 0.0309. The van der Waals surface area contributed by atoms with Gasteiger partial charge in [-0.2, -0.15) is 0 Å². The maximum Gasteiger partial charge on any atom is 0.294 e. The lowest BCUT2D eigenvalue weighted by Gasteiger charge is -2.11. The van der Waals surface area contributed by atoms with Crippen LogP contribution in [0.3, 0.4) is 0 Å². The van der Waals surface area contributed by atoms with Crippen molar-refractivity contribution in [1.29, 1.82) is 0 Å². The summed E-state index contributed by atoms with van der Waals surface area (Å²) in [6, 6.07) is 2.35.